The third-order valence-corrected chi connectivity index (χ3v) is 5.41. The first kappa shape index (κ1) is 18.2. The zero-order chi connectivity index (χ0) is 16.5. The van der Waals surface area contributed by atoms with Gasteiger partial charge in [0.1, 0.15) is 0 Å². The molecule has 134 valence electrons. The van der Waals surface area contributed by atoms with Crippen molar-refractivity contribution in [1.29, 1.82) is 0 Å². The highest BCUT2D eigenvalue weighted by Crippen LogP contribution is 2.38. The molecule has 2 aromatic rings. The van der Waals surface area contributed by atoms with Crippen LogP contribution in [0, 0.1) is 5.92 Å². The summed E-state index contributed by atoms with van der Waals surface area (Å²) in [6.45, 7) is 1.62. The molecule has 2 heterocycles. The number of hydrogen-bond acceptors (Lipinski definition) is 3. The lowest BCUT2D eigenvalue weighted by molar-refractivity contribution is 0.0894. The van der Waals surface area contributed by atoms with Crippen LogP contribution in [-0.2, 0) is 13.0 Å². The van der Waals surface area contributed by atoms with Gasteiger partial charge in [-0.2, -0.15) is 5.10 Å². The van der Waals surface area contributed by atoms with Crippen LogP contribution >= 0.6 is 24.0 Å². The molecule has 0 bridgehead atoms. The van der Waals surface area contributed by atoms with Crippen molar-refractivity contribution in [1.82, 2.24) is 20.8 Å². The summed E-state index contributed by atoms with van der Waals surface area (Å²) < 4.78 is 0. The van der Waals surface area contributed by atoms with Gasteiger partial charge >= 0.3 is 0 Å². The lowest BCUT2D eigenvalue weighted by Crippen LogP contribution is -2.37. The number of carbonyl (C=O) groups is 1. The number of nitrogens with one attached hydrogen (secondary N) is 3. The Morgan fingerprint density at radius 2 is 2.04 bits per heavy atom. The first-order valence-corrected chi connectivity index (χ1v) is 8.93. The third-order valence-electron chi connectivity index (χ3n) is 5.16. The Labute approximate surface area is 158 Å². The van der Waals surface area contributed by atoms with E-state index in [1.54, 1.807) is 0 Å². The molecule has 25 heavy (non-hydrogen) atoms. The molecule has 1 unspecified atom stereocenters. The maximum absolute atomic E-state index is 12.8. The van der Waals surface area contributed by atoms with Gasteiger partial charge in [0.25, 0.3) is 5.91 Å². The fraction of sp³-hybridized carbons (Fsp3) is 0.444. The molecule has 1 aromatic carbocycles. The second kappa shape index (κ2) is 7.77. The van der Waals surface area contributed by atoms with Crippen LogP contribution in [0.25, 0.3) is 0 Å². The zero-order valence-electron chi connectivity index (χ0n) is 13.8. The lowest BCUT2D eigenvalue weighted by atomic mass is 9.77. The first-order chi connectivity index (χ1) is 11.7. The minimum absolute atomic E-state index is 0. The lowest BCUT2D eigenvalue weighted by Gasteiger charge is -2.34. The van der Waals surface area contributed by atoms with E-state index in [1.807, 2.05) is 24.3 Å². The molecule has 1 aliphatic carbocycles. The largest absolute Gasteiger partial charge is 0.344 e. The van der Waals surface area contributed by atoms with E-state index in [0.717, 1.165) is 42.6 Å². The number of hydrogen-bond donors (Lipinski definition) is 3. The molecule has 1 atom stereocenters. The summed E-state index contributed by atoms with van der Waals surface area (Å²) in [4.78, 5) is 12.8. The average Bonchev–Trinajstić information content (AvgIpc) is 2.97. The van der Waals surface area contributed by atoms with Gasteiger partial charge in [-0.15, -0.1) is 12.4 Å². The SMILES string of the molecule is Cl.O=C(NC(c1ccc(Cl)cc1)C1CCC1)c1n[nH]c2c1CNCC2. The van der Waals surface area contributed by atoms with Crippen LogP contribution in [0.15, 0.2) is 24.3 Å². The van der Waals surface area contributed by atoms with Crippen molar-refractivity contribution in [2.45, 2.75) is 38.3 Å². The second-order valence-electron chi connectivity index (χ2n) is 6.65. The smallest absolute Gasteiger partial charge is 0.272 e. The average molecular weight is 381 g/mol. The van der Waals surface area contributed by atoms with Crippen LogP contribution in [-0.4, -0.2) is 22.6 Å². The zero-order valence-corrected chi connectivity index (χ0v) is 15.4. The monoisotopic (exact) mass is 380 g/mol. The van der Waals surface area contributed by atoms with E-state index in [0.29, 0.717) is 23.2 Å². The van der Waals surface area contributed by atoms with Crippen molar-refractivity contribution >= 4 is 29.9 Å². The summed E-state index contributed by atoms with van der Waals surface area (Å²) in [6, 6.07) is 7.80. The molecular formula is C18H22Cl2N4O. The Balaban J connectivity index is 0.00000182. The van der Waals surface area contributed by atoms with Crippen molar-refractivity contribution in [2.75, 3.05) is 6.54 Å². The fourth-order valence-electron chi connectivity index (χ4n) is 3.54. The van der Waals surface area contributed by atoms with Crippen LogP contribution in [0.3, 0.4) is 0 Å². The highest BCUT2D eigenvalue weighted by Gasteiger charge is 2.31. The number of halogens is 2. The molecule has 0 spiro atoms. The maximum atomic E-state index is 12.8. The molecular weight excluding hydrogens is 359 g/mol. The van der Waals surface area contributed by atoms with Gasteiger partial charge in [0.15, 0.2) is 5.69 Å². The number of rotatable bonds is 4. The van der Waals surface area contributed by atoms with Gasteiger partial charge in [0.05, 0.1) is 6.04 Å². The van der Waals surface area contributed by atoms with Crippen molar-refractivity contribution in [3.8, 4) is 0 Å². The number of aromatic nitrogens is 2. The standard InChI is InChI=1S/C18H21ClN4O.ClH/c19-13-6-4-12(5-7-13)16(11-2-1-3-11)21-18(24)17-14-10-20-9-8-15(14)22-23-17;/h4-7,11,16,20H,1-3,8-10H2,(H,21,24)(H,22,23);1H. The summed E-state index contributed by atoms with van der Waals surface area (Å²) >= 11 is 6.00. The van der Waals surface area contributed by atoms with Crippen LogP contribution in [0.4, 0.5) is 0 Å². The number of nitrogens with zero attached hydrogens (tertiary/aromatic N) is 1. The number of fused-ring (bicyclic) bond motifs is 1. The Hall–Kier alpha value is -1.56. The van der Waals surface area contributed by atoms with Gasteiger partial charge in [0, 0.05) is 35.8 Å². The molecule has 4 rings (SSSR count). The third kappa shape index (κ3) is 3.68. The molecule has 0 radical (unpaired) electrons. The molecule has 1 fully saturated rings. The molecule has 1 aliphatic heterocycles. The van der Waals surface area contributed by atoms with Gasteiger partial charge in [-0.25, -0.2) is 0 Å². The van der Waals surface area contributed by atoms with Crippen LogP contribution in [0.2, 0.25) is 5.02 Å². The topological polar surface area (TPSA) is 69.8 Å². The normalized spacial score (nSPS) is 17.8. The Bertz CT molecular complexity index is 740. The molecule has 3 N–H and O–H groups in total. The Morgan fingerprint density at radius 3 is 2.72 bits per heavy atom. The Morgan fingerprint density at radius 1 is 1.28 bits per heavy atom. The van der Waals surface area contributed by atoms with E-state index in [1.165, 1.54) is 6.42 Å². The number of benzene rings is 1. The molecule has 1 amide bonds. The number of carbonyl (C=O) groups excluding carboxylic acids is 1. The molecule has 1 aromatic heterocycles. The summed E-state index contributed by atoms with van der Waals surface area (Å²) in [5, 5.41) is 14.5. The van der Waals surface area contributed by atoms with Crippen molar-refractivity contribution in [2.24, 2.45) is 5.92 Å². The number of H-pyrrole nitrogens is 1. The molecule has 0 saturated heterocycles. The van der Waals surface area contributed by atoms with Gasteiger partial charge in [-0.1, -0.05) is 30.2 Å². The van der Waals surface area contributed by atoms with E-state index in [4.69, 9.17) is 11.6 Å². The highest BCUT2D eigenvalue weighted by atomic mass is 35.5. The Kier molecular flexibility index (Phi) is 5.67. The minimum Gasteiger partial charge on any atom is -0.344 e. The maximum Gasteiger partial charge on any atom is 0.272 e. The van der Waals surface area contributed by atoms with Crippen LogP contribution < -0.4 is 10.6 Å². The summed E-state index contributed by atoms with van der Waals surface area (Å²) in [7, 11) is 0. The van der Waals surface area contributed by atoms with Crippen molar-refractivity contribution in [3.05, 3.63) is 51.8 Å². The predicted molar refractivity (Wildman–Crippen MR) is 100 cm³/mol. The quantitative estimate of drug-likeness (QED) is 0.760. The van der Waals surface area contributed by atoms with Crippen LogP contribution in [0.1, 0.15) is 52.6 Å². The molecule has 7 heteroatoms. The van der Waals surface area contributed by atoms with E-state index in [-0.39, 0.29) is 24.4 Å². The van der Waals surface area contributed by atoms with E-state index in [2.05, 4.69) is 20.8 Å². The molecule has 1 saturated carbocycles. The van der Waals surface area contributed by atoms with Gasteiger partial charge in [-0.3, -0.25) is 9.89 Å². The summed E-state index contributed by atoms with van der Waals surface area (Å²) in [5.41, 5.74) is 3.71. The molecule has 5 nitrogen and oxygen atoms in total. The van der Waals surface area contributed by atoms with Crippen molar-refractivity contribution in [3.63, 3.8) is 0 Å². The highest BCUT2D eigenvalue weighted by molar-refractivity contribution is 6.30. The van der Waals surface area contributed by atoms with Crippen LogP contribution in [0.5, 0.6) is 0 Å². The van der Waals surface area contributed by atoms with Crippen molar-refractivity contribution < 1.29 is 4.79 Å². The number of amides is 1. The van der Waals surface area contributed by atoms with Gasteiger partial charge < -0.3 is 10.6 Å². The molecule has 2 aliphatic rings. The van der Waals surface area contributed by atoms with E-state index < -0.39 is 0 Å². The summed E-state index contributed by atoms with van der Waals surface area (Å²) in [6.07, 6.45) is 4.41. The fourth-order valence-corrected chi connectivity index (χ4v) is 3.67. The first-order valence-electron chi connectivity index (χ1n) is 8.55. The van der Waals surface area contributed by atoms with E-state index in [9.17, 15) is 4.79 Å². The minimum atomic E-state index is -0.0944. The second-order valence-corrected chi connectivity index (χ2v) is 7.09. The predicted octanol–water partition coefficient (Wildman–Crippen LogP) is 3.40. The number of aromatic amines is 1. The summed E-state index contributed by atoms with van der Waals surface area (Å²) in [5.74, 6) is 0.395. The van der Waals surface area contributed by atoms with Gasteiger partial charge in [-0.05, 0) is 36.5 Å². The van der Waals surface area contributed by atoms with Gasteiger partial charge in [0.2, 0.25) is 0 Å². The van der Waals surface area contributed by atoms with E-state index >= 15 is 0 Å².